The lowest BCUT2D eigenvalue weighted by molar-refractivity contribution is 0.107. The Kier molecular flexibility index (Phi) is 6.18. The molecule has 0 amide bonds. The molecule has 2 N–H and O–H groups in total. The van der Waals surface area contributed by atoms with Gasteiger partial charge in [0.15, 0.2) is 5.82 Å². The third kappa shape index (κ3) is 3.83. The van der Waals surface area contributed by atoms with Crippen molar-refractivity contribution in [3.8, 4) is 29.0 Å². The maximum atomic E-state index is 16.9. The summed E-state index contributed by atoms with van der Waals surface area (Å²) in [5.41, 5.74) is 6.67. The Morgan fingerprint density at radius 2 is 2.10 bits per heavy atom. The van der Waals surface area contributed by atoms with E-state index in [9.17, 15) is 14.0 Å². The van der Waals surface area contributed by atoms with Gasteiger partial charge in [-0.1, -0.05) is 6.07 Å². The number of halogens is 3. The summed E-state index contributed by atoms with van der Waals surface area (Å²) in [5, 5.41) is 10.7. The number of aromatic nitrogens is 2. The maximum absolute atomic E-state index is 16.9. The summed E-state index contributed by atoms with van der Waals surface area (Å²) in [7, 11) is 1.86. The van der Waals surface area contributed by atoms with Gasteiger partial charge in [-0.3, -0.25) is 4.90 Å². The van der Waals surface area contributed by atoms with Gasteiger partial charge in [-0.2, -0.15) is 15.2 Å². The third-order valence-electron chi connectivity index (χ3n) is 9.13. The Morgan fingerprint density at radius 3 is 2.88 bits per heavy atom. The predicted molar refractivity (Wildman–Crippen MR) is 156 cm³/mol. The molecule has 8 nitrogen and oxygen atoms in total. The van der Waals surface area contributed by atoms with Crippen LogP contribution in [0.1, 0.15) is 37.3 Å². The quantitative estimate of drug-likeness (QED) is 0.320. The van der Waals surface area contributed by atoms with Gasteiger partial charge in [-0.25, -0.2) is 13.2 Å². The van der Waals surface area contributed by atoms with Crippen LogP contribution in [0.4, 0.5) is 24.0 Å². The van der Waals surface area contributed by atoms with E-state index in [0.29, 0.717) is 47.7 Å². The summed E-state index contributed by atoms with van der Waals surface area (Å²) < 4.78 is 58.7. The van der Waals surface area contributed by atoms with Crippen molar-refractivity contribution in [2.75, 3.05) is 44.0 Å². The fraction of sp³-hybridized carbons (Fsp3) is 0.433. The van der Waals surface area contributed by atoms with Crippen LogP contribution >= 0.6 is 11.3 Å². The molecule has 2 saturated heterocycles. The molecule has 0 unspecified atom stereocenters. The molecule has 3 atom stereocenters. The van der Waals surface area contributed by atoms with Gasteiger partial charge in [0.2, 0.25) is 0 Å². The standard InChI is InChI=1S/C30H29F3N6O2S/c1-14-12-40-25-15(2)20(17-5-6-19(32)26-21(17)18(10-34)27(35)42-26)23(33)24-22(25)28(38(14)3)37-29(36-24)41-13-30-7-4-8-39(30)11-16(31)9-30/h5-6,14,16H,4,7-9,11-13,35H2,1-3H3/t14-,16+,30-/m0/s1. The predicted octanol–water partition coefficient (Wildman–Crippen LogP) is 5.72. The van der Waals surface area contributed by atoms with E-state index >= 15 is 4.39 Å². The summed E-state index contributed by atoms with van der Waals surface area (Å²) in [6, 6.07) is 4.64. The van der Waals surface area contributed by atoms with Gasteiger partial charge < -0.3 is 20.1 Å². The highest BCUT2D eigenvalue weighted by molar-refractivity contribution is 7.23. The zero-order valence-electron chi connectivity index (χ0n) is 23.4. The molecule has 2 aromatic carbocycles. The van der Waals surface area contributed by atoms with Crippen LogP contribution in [0, 0.1) is 29.9 Å². The molecule has 0 spiro atoms. The summed E-state index contributed by atoms with van der Waals surface area (Å²) in [5.74, 6) is -0.340. The molecule has 0 radical (unpaired) electrons. The van der Waals surface area contributed by atoms with Crippen molar-refractivity contribution in [1.82, 2.24) is 14.9 Å². The van der Waals surface area contributed by atoms with Gasteiger partial charge in [-0.05, 0) is 44.9 Å². The number of nitrogens with two attached hydrogens (primary N) is 1. The minimum atomic E-state index is -0.914. The normalized spacial score (nSPS) is 23.7. The van der Waals surface area contributed by atoms with E-state index in [1.165, 1.54) is 12.1 Å². The third-order valence-corrected chi connectivity index (χ3v) is 10.2. The number of nitrogens with zero attached hydrogens (tertiary/aromatic N) is 5. The molecular formula is C30H29F3N6O2S. The monoisotopic (exact) mass is 594 g/mol. The molecule has 5 heterocycles. The van der Waals surface area contributed by atoms with Gasteiger partial charge in [-0.15, -0.1) is 11.3 Å². The number of fused-ring (bicyclic) bond motifs is 2. The van der Waals surface area contributed by atoms with Gasteiger partial charge in [0.1, 0.15) is 53.4 Å². The van der Waals surface area contributed by atoms with Gasteiger partial charge in [0.25, 0.3) is 0 Å². The molecule has 3 aliphatic rings. The molecule has 2 fully saturated rings. The average molecular weight is 595 g/mol. The number of hydrogen-bond donors (Lipinski definition) is 1. The number of likely N-dealkylation sites (N-methyl/N-ethyl adjacent to an activating group) is 1. The molecular weight excluding hydrogens is 565 g/mol. The molecule has 7 rings (SSSR count). The molecule has 218 valence electrons. The Balaban J connectivity index is 1.45. The minimum absolute atomic E-state index is 0.0108. The number of nitrogen functional groups attached to an aromatic ring is 1. The Morgan fingerprint density at radius 1 is 1.29 bits per heavy atom. The lowest BCUT2D eigenvalue weighted by atomic mass is 9.92. The van der Waals surface area contributed by atoms with Crippen LogP contribution in [0.2, 0.25) is 0 Å². The number of thiophene rings is 1. The SMILES string of the molecule is Cc1c(-c2ccc(F)c3sc(N)c(C#N)c23)c(F)c2nc(OC[C@@]34CCCN3C[C@H](F)C4)nc3c2c1OC[C@H](C)N3C. The Hall–Kier alpha value is -3.82. The maximum Gasteiger partial charge on any atom is 0.319 e. The van der Waals surface area contributed by atoms with E-state index in [0.717, 1.165) is 30.7 Å². The van der Waals surface area contributed by atoms with E-state index in [-0.39, 0.29) is 50.4 Å². The number of alkyl halides is 1. The van der Waals surface area contributed by atoms with Gasteiger partial charge >= 0.3 is 6.01 Å². The number of rotatable bonds is 4. The molecule has 0 saturated carbocycles. The van der Waals surface area contributed by atoms with E-state index in [1.807, 2.05) is 18.9 Å². The van der Waals surface area contributed by atoms with Crippen LogP contribution in [-0.2, 0) is 0 Å². The Bertz CT molecular complexity index is 1820. The molecule has 12 heteroatoms. The van der Waals surface area contributed by atoms with Crippen molar-refractivity contribution in [1.29, 1.82) is 5.26 Å². The van der Waals surface area contributed by atoms with Crippen LogP contribution in [0.5, 0.6) is 11.8 Å². The fourth-order valence-electron chi connectivity index (χ4n) is 6.88. The van der Waals surface area contributed by atoms with E-state index in [4.69, 9.17) is 20.2 Å². The van der Waals surface area contributed by atoms with Crippen molar-refractivity contribution >= 4 is 43.1 Å². The van der Waals surface area contributed by atoms with Crippen molar-refractivity contribution in [3.05, 3.63) is 34.9 Å². The van der Waals surface area contributed by atoms with E-state index in [2.05, 4.69) is 16.0 Å². The number of anilines is 2. The molecule has 4 aromatic rings. The summed E-state index contributed by atoms with van der Waals surface area (Å²) in [6.45, 7) is 5.40. The second kappa shape index (κ2) is 9.61. The van der Waals surface area contributed by atoms with Crippen molar-refractivity contribution in [2.24, 2.45) is 0 Å². The largest absolute Gasteiger partial charge is 0.490 e. The smallest absolute Gasteiger partial charge is 0.319 e. The van der Waals surface area contributed by atoms with Crippen molar-refractivity contribution in [3.63, 3.8) is 0 Å². The lowest BCUT2D eigenvalue weighted by Crippen LogP contribution is -2.43. The topological polar surface area (TPSA) is 101 Å². The number of nitriles is 1. The van der Waals surface area contributed by atoms with Gasteiger partial charge in [0, 0.05) is 36.5 Å². The summed E-state index contributed by atoms with van der Waals surface area (Å²) >= 11 is 0.953. The first-order chi connectivity index (χ1) is 20.1. The molecule has 2 aromatic heterocycles. The minimum Gasteiger partial charge on any atom is -0.490 e. The highest BCUT2D eigenvalue weighted by Gasteiger charge is 2.49. The van der Waals surface area contributed by atoms with Gasteiger partial charge in [0.05, 0.1) is 27.2 Å². The van der Waals surface area contributed by atoms with Crippen LogP contribution < -0.4 is 20.1 Å². The summed E-state index contributed by atoms with van der Waals surface area (Å²) in [4.78, 5) is 13.3. The number of ether oxygens (including phenoxy) is 2. The van der Waals surface area contributed by atoms with Crippen LogP contribution in [0.3, 0.4) is 0 Å². The van der Waals surface area contributed by atoms with E-state index in [1.54, 1.807) is 6.92 Å². The molecule has 42 heavy (non-hydrogen) atoms. The highest BCUT2D eigenvalue weighted by atomic mass is 32.1. The zero-order chi connectivity index (χ0) is 29.5. The first-order valence-corrected chi connectivity index (χ1v) is 14.8. The zero-order valence-corrected chi connectivity index (χ0v) is 24.2. The van der Waals surface area contributed by atoms with Crippen LogP contribution in [0.15, 0.2) is 12.1 Å². The van der Waals surface area contributed by atoms with Crippen LogP contribution in [0.25, 0.3) is 32.1 Å². The number of hydrogen-bond acceptors (Lipinski definition) is 9. The first kappa shape index (κ1) is 27.0. The molecule has 0 aliphatic carbocycles. The lowest BCUT2D eigenvalue weighted by Gasteiger charge is -2.31. The van der Waals surface area contributed by atoms with Crippen molar-refractivity contribution < 1.29 is 22.6 Å². The highest BCUT2D eigenvalue weighted by Crippen LogP contribution is 2.49. The van der Waals surface area contributed by atoms with Crippen molar-refractivity contribution in [2.45, 2.75) is 50.9 Å². The first-order valence-electron chi connectivity index (χ1n) is 14.0. The summed E-state index contributed by atoms with van der Waals surface area (Å²) in [6.07, 6.45) is 1.24. The number of benzene rings is 2. The average Bonchev–Trinajstić information content (AvgIpc) is 3.58. The Labute approximate surface area is 244 Å². The second-order valence-electron chi connectivity index (χ2n) is 11.6. The fourth-order valence-corrected chi connectivity index (χ4v) is 7.83. The molecule has 0 bridgehead atoms. The molecule has 3 aliphatic heterocycles. The van der Waals surface area contributed by atoms with E-state index < -0.39 is 23.3 Å². The van der Waals surface area contributed by atoms with Crippen LogP contribution in [-0.4, -0.2) is 66.0 Å². The second-order valence-corrected chi connectivity index (χ2v) is 12.6.